The maximum atomic E-state index is 12.7. The van der Waals surface area contributed by atoms with E-state index in [4.69, 9.17) is 5.11 Å². The number of nitrogens with zero attached hydrogens (tertiary/aromatic N) is 1. The second-order valence-electron chi connectivity index (χ2n) is 6.14. The number of aryl methyl sites for hydroxylation is 2. The summed E-state index contributed by atoms with van der Waals surface area (Å²) in [5.74, 6) is 0.338. The van der Waals surface area contributed by atoms with Crippen molar-refractivity contribution < 1.29 is 9.90 Å². The molecule has 0 aliphatic carbocycles. The standard InChI is InChI=1S/C18H27NO2/c1-14-7-5-8-15(2)16(14)13-18(21)17-9-3-4-10-19(17)11-6-12-20/h5,7-8,17,20H,3-4,6,9-13H2,1-2H3. The number of hydrogen-bond acceptors (Lipinski definition) is 3. The van der Waals surface area contributed by atoms with Gasteiger partial charge in [-0.3, -0.25) is 9.69 Å². The summed E-state index contributed by atoms with van der Waals surface area (Å²) in [6.45, 7) is 6.19. The zero-order valence-corrected chi connectivity index (χ0v) is 13.3. The summed E-state index contributed by atoms with van der Waals surface area (Å²) in [6.07, 6.45) is 4.57. The molecule has 1 atom stereocenters. The Hall–Kier alpha value is -1.19. The predicted octanol–water partition coefficient (Wildman–Crippen LogP) is 2.65. The Bertz CT molecular complexity index is 464. The van der Waals surface area contributed by atoms with Crippen LogP contribution in [-0.2, 0) is 11.2 Å². The minimum atomic E-state index is 0.0457. The fourth-order valence-corrected chi connectivity index (χ4v) is 3.32. The average Bonchev–Trinajstić information content (AvgIpc) is 2.49. The van der Waals surface area contributed by atoms with Gasteiger partial charge in [-0.05, 0) is 56.3 Å². The number of benzene rings is 1. The Morgan fingerprint density at radius 2 is 2.00 bits per heavy atom. The molecule has 116 valence electrons. The average molecular weight is 289 g/mol. The fourth-order valence-electron chi connectivity index (χ4n) is 3.32. The van der Waals surface area contributed by atoms with E-state index in [9.17, 15) is 4.79 Å². The number of carbonyl (C=O) groups is 1. The summed E-state index contributed by atoms with van der Waals surface area (Å²) in [5.41, 5.74) is 3.61. The first-order valence-corrected chi connectivity index (χ1v) is 8.06. The minimum absolute atomic E-state index is 0.0457. The molecule has 2 rings (SSSR count). The van der Waals surface area contributed by atoms with Crippen LogP contribution in [0.1, 0.15) is 42.4 Å². The van der Waals surface area contributed by atoms with Crippen LogP contribution in [0.25, 0.3) is 0 Å². The van der Waals surface area contributed by atoms with Crippen LogP contribution in [0.5, 0.6) is 0 Å². The maximum absolute atomic E-state index is 12.7. The van der Waals surface area contributed by atoms with Crippen LogP contribution < -0.4 is 0 Å². The van der Waals surface area contributed by atoms with Crippen molar-refractivity contribution in [3.05, 3.63) is 34.9 Å². The Balaban J connectivity index is 2.07. The lowest BCUT2D eigenvalue weighted by molar-refractivity contribution is -0.124. The number of hydrogen-bond donors (Lipinski definition) is 1. The molecular formula is C18H27NO2. The lowest BCUT2D eigenvalue weighted by Crippen LogP contribution is -2.45. The molecule has 3 heteroatoms. The summed E-state index contributed by atoms with van der Waals surface area (Å²) >= 11 is 0. The highest BCUT2D eigenvalue weighted by Crippen LogP contribution is 2.21. The van der Waals surface area contributed by atoms with Crippen molar-refractivity contribution in [2.24, 2.45) is 0 Å². The van der Waals surface area contributed by atoms with Gasteiger partial charge in [0.15, 0.2) is 5.78 Å². The first-order chi connectivity index (χ1) is 10.1. The number of Topliss-reactive ketones (excluding diaryl/α,β-unsaturated/α-hetero) is 1. The molecule has 1 aromatic carbocycles. The molecule has 0 spiro atoms. The van der Waals surface area contributed by atoms with E-state index in [1.165, 1.54) is 23.1 Å². The molecule has 0 radical (unpaired) electrons. The van der Waals surface area contributed by atoms with Gasteiger partial charge in [0.25, 0.3) is 0 Å². The normalized spacial score (nSPS) is 19.7. The van der Waals surface area contributed by atoms with Crippen molar-refractivity contribution in [1.29, 1.82) is 0 Å². The van der Waals surface area contributed by atoms with E-state index in [2.05, 4.69) is 30.9 Å². The van der Waals surface area contributed by atoms with E-state index >= 15 is 0 Å². The molecule has 1 aromatic rings. The number of aliphatic hydroxyl groups excluding tert-OH is 1. The van der Waals surface area contributed by atoms with Crippen LogP contribution in [-0.4, -0.2) is 41.5 Å². The van der Waals surface area contributed by atoms with Gasteiger partial charge < -0.3 is 5.11 Å². The Kier molecular flexibility index (Phi) is 5.95. The second-order valence-corrected chi connectivity index (χ2v) is 6.14. The van der Waals surface area contributed by atoms with Crippen LogP contribution in [0.3, 0.4) is 0 Å². The molecule has 0 saturated carbocycles. The first-order valence-electron chi connectivity index (χ1n) is 8.06. The lowest BCUT2D eigenvalue weighted by atomic mass is 9.91. The summed E-state index contributed by atoms with van der Waals surface area (Å²) in [7, 11) is 0. The smallest absolute Gasteiger partial charge is 0.154 e. The molecular weight excluding hydrogens is 262 g/mol. The van der Waals surface area contributed by atoms with Crippen LogP contribution in [0.4, 0.5) is 0 Å². The van der Waals surface area contributed by atoms with Gasteiger partial charge >= 0.3 is 0 Å². The van der Waals surface area contributed by atoms with Crippen molar-refractivity contribution in [1.82, 2.24) is 4.90 Å². The molecule has 1 heterocycles. The Morgan fingerprint density at radius 1 is 1.29 bits per heavy atom. The third kappa shape index (κ3) is 4.14. The molecule has 1 aliphatic heterocycles. The zero-order valence-electron chi connectivity index (χ0n) is 13.3. The van der Waals surface area contributed by atoms with Crippen molar-refractivity contribution in [3.8, 4) is 0 Å². The third-order valence-corrected chi connectivity index (χ3v) is 4.58. The van der Waals surface area contributed by atoms with Gasteiger partial charge in [0.2, 0.25) is 0 Å². The third-order valence-electron chi connectivity index (χ3n) is 4.58. The number of rotatable bonds is 6. The number of likely N-dealkylation sites (tertiary alicyclic amines) is 1. The molecule has 1 aliphatic rings. The van der Waals surface area contributed by atoms with Crippen LogP contribution in [0.15, 0.2) is 18.2 Å². The molecule has 1 fully saturated rings. The number of ketones is 1. The highest BCUT2D eigenvalue weighted by Gasteiger charge is 2.28. The lowest BCUT2D eigenvalue weighted by Gasteiger charge is -2.34. The molecule has 1 unspecified atom stereocenters. The molecule has 21 heavy (non-hydrogen) atoms. The van der Waals surface area contributed by atoms with Crippen LogP contribution in [0.2, 0.25) is 0 Å². The number of carbonyl (C=O) groups excluding carboxylic acids is 1. The monoisotopic (exact) mass is 289 g/mol. The minimum Gasteiger partial charge on any atom is -0.396 e. The molecule has 1 N–H and O–H groups in total. The van der Waals surface area contributed by atoms with Crippen molar-refractivity contribution in [2.75, 3.05) is 19.7 Å². The summed E-state index contributed by atoms with van der Waals surface area (Å²) in [5, 5.41) is 9.02. The van der Waals surface area contributed by atoms with Crippen molar-refractivity contribution in [3.63, 3.8) is 0 Å². The topological polar surface area (TPSA) is 40.5 Å². The second kappa shape index (κ2) is 7.71. The van der Waals surface area contributed by atoms with Crippen LogP contribution in [0, 0.1) is 13.8 Å². The van der Waals surface area contributed by atoms with E-state index in [1.807, 2.05) is 6.07 Å². The van der Waals surface area contributed by atoms with Gasteiger partial charge in [0.1, 0.15) is 0 Å². The van der Waals surface area contributed by atoms with Gasteiger partial charge in [-0.15, -0.1) is 0 Å². The van der Waals surface area contributed by atoms with Gasteiger partial charge in [0, 0.05) is 19.6 Å². The first kappa shape index (κ1) is 16.2. The molecule has 0 amide bonds. The van der Waals surface area contributed by atoms with Gasteiger partial charge in [-0.25, -0.2) is 0 Å². The Morgan fingerprint density at radius 3 is 2.67 bits per heavy atom. The largest absolute Gasteiger partial charge is 0.396 e. The summed E-state index contributed by atoms with van der Waals surface area (Å²) in [4.78, 5) is 15.0. The van der Waals surface area contributed by atoms with E-state index in [0.717, 1.165) is 32.4 Å². The SMILES string of the molecule is Cc1cccc(C)c1CC(=O)C1CCCCN1CCCO. The van der Waals surface area contributed by atoms with Gasteiger partial charge in [0.05, 0.1) is 6.04 Å². The summed E-state index contributed by atoms with van der Waals surface area (Å²) < 4.78 is 0. The molecule has 1 saturated heterocycles. The quantitative estimate of drug-likeness (QED) is 0.875. The number of aliphatic hydroxyl groups is 1. The van der Waals surface area contributed by atoms with E-state index in [0.29, 0.717) is 12.2 Å². The highest BCUT2D eigenvalue weighted by molar-refractivity contribution is 5.86. The highest BCUT2D eigenvalue weighted by atomic mass is 16.3. The van der Waals surface area contributed by atoms with Gasteiger partial charge in [-0.1, -0.05) is 24.6 Å². The predicted molar refractivity (Wildman–Crippen MR) is 85.5 cm³/mol. The Labute approximate surface area is 128 Å². The van der Waals surface area contributed by atoms with Crippen LogP contribution >= 0.6 is 0 Å². The van der Waals surface area contributed by atoms with E-state index in [-0.39, 0.29) is 12.6 Å². The molecule has 0 bridgehead atoms. The zero-order chi connectivity index (χ0) is 15.2. The maximum Gasteiger partial charge on any atom is 0.154 e. The van der Waals surface area contributed by atoms with Gasteiger partial charge in [-0.2, -0.15) is 0 Å². The van der Waals surface area contributed by atoms with E-state index < -0.39 is 0 Å². The van der Waals surface area contributed by atoms with Crippen molar-refractivity contribution >= 4 is 5.78 Å². The molecule has 3 nitrogen and oxygen atoms in total. The molecule has 0 aromatic heterocycles. The van der Waals surface area contributed by atoms with E-state index in [1.54, 1.807) is 0 Å². The summed E-state index contributed by atoms with van der Waals surface area (Å²) in [6, 6.07) is 6.26. The fraction of sp³-hybridized carbons (Fsp3) is 0.611. The number of piperidine rings is 1. The van der Waals surface area contributed by atoms with Crippen molar-refractivity contribution in [2.45, 2.75) is 52.0 Å².